The molecule has 2 aliphatic rings. The number of benzene rings is 2. The van der Waals surface area contributed by atoms with E-state index >= 15 is 0 Å². The van der Waals surface area contributed by atoms with Crippen molar-refractivity contribution in [2.45, 2.75) is 19.2 Å². The molecule has 164 valence electrons. The standard InChI is InChI=1S/C25H19N3O5/c29-24-17-3-1-2-4-19(17)27-22-18(24)12-28(25(30)31-13-15-7-9-26-10-8-15)23(22)16-5-6-20-21(11-16)33-14-32-20/h1-11,23H,12-14H2,(H,27,29)/t23-/m0/s1. The van der Waals surface area contributed by atoms with Gasteiger partial charge in [-0.25, -0.2) is 4.79 Å². The van der Waals surface area contributed by atoms with Gasteiger partial charge in [-0.2, -0.15) is 0 Å². The molecule has 1 N–H and O–H groups in total. The van der Waals surface area contributed by atoms with Crippen LogP contribution in [0.25, 0.3) is 10.9 Å². The van der Waals surface area contributed by atoms with Crippen LogP contribution in [-0.4, -0.2) is 27.8 Å². The summed E-state index contributed by atoms with van der Waals surface area (Å²) in [4.78, 5) is 35.5. The van der Waals surface area contributed by atoms with E-state index in [1.54, 1.807) is 35.5 Å². The number of fused-ring (bicyclic) bond motifs is 3. The van der Waals surface area contributed by atoms with E-state index in [0.717, 1.165) is 16.6 Å². The van der Waals surface area contributed by atoms with Crippen LogP contribution in [0.2, 0.25) is 0 Å². The fraction of sp³-hybridized carbons (Fsp3) is 0.160. The number of hydrogen-bond donors (Lipinski definition) is 1. The van der Waals surface area contributed by atoms with Crippen molar-refractivity contribution in [1.82, 2.24) is 14.9 Å². The number of aromatic nitrogens is 2. The van der Waals surface area contributed by atoms with Gasteiger partial charge in [0.2, 0.25) is 6.79 Å². The number of hydrogen-bond acceptors (Lipinski definition) is 6. The third-order valence-electron chi connectivity index (χ3n) is 6.01. The monoisotopic (exact) mass is 441 g/mol. The normalized spacial score (nSPS) is 16.1. The minimum absolute atomic E-state index is 0.0884. The number of para-hydroxylation sites is 1. The van der Waals surface area contributed by atoms with Crippen molar-refractivity contribution in [3.63, 3.8) is 0 Å². The van der Waals surface area contributed by atoms with Crippen LogP contribution < -0.4 is 14.9 Å². The molecule has 1 atom stereocenters. The van der Waals surface area contributed by atoms with Gasteiger partial charge in [-0.05, 0) is 47.5 Å². The average Bonchev–Trinajstić information content (AvgIpc) is 3.48. The molecule has 6 rings (SSSR count). The van der Waals surface area contributed by atoms with Gasteiger partial charge in [0.05, 0.1) is 12.2 Å². The highest BCUT2D eigenvalue weighted by Gasteiger charge is 2.39. The smallest absolute Gasteiger partial charge is 0.411 e. The lowest BCUT2D eigenvalue weighted by atomic mass is 10.0. The van der Waals surface area contributed by atoms with Crippen LogP contribution in [0.5, 0.6) is 11.5 Å². The number of ether oxygens (including phenoxy) is 3. The molecule has 0 unspecified atom stereocenters. The molecule has 0 bridgehead atoms. The van der Waals surface area contributed by atoms with Crippen LogP contribution >= 0.6 is 0 Å². The fourth-order valence-electron chi connectivity index (χ4n) is 4.41. The zero-order valence-electron chi connectivity index (χ0n) is 17.5. The minimum Gasteiger partial charge on any atom is -0.454 e. The van der Waals surface area contributed by atoms with Crippen LogP contribution in [0, 0.1) is 0 Å². The maximum Gasteiger partial charge on any atom is 0.411 e. The highest BCUT2D eigenvalue weighted by Crippen LogP contribution is 2.41. The Kier molecular flexibility index (Phi) is 4.50. The SMILES string of the molecule is O=C(OCc1ccncc1)N1Cc2c([nH]c3ccccc3c2=O)[C@@H]1c1ccc2c(c1)OCO2. The summed E-state index contributed by atoms with van der Waals surface area (Å²) in [5.41, 5.74) is 3.49. The lowest BCUT2D eigenvalue weighted by Crippen LogP contribution is -2.31. The summed E-state index contributed by atoms with van der Waals surface area (Å²) in [6.45, 7) is 0.404. The van der Waals surface area contributed by atoms with Crippen molar-refractivity contribution in [3.05, 3.63) is 99.6 Å². The van der Waals surface area contributed by atoms with Crippen molar-refractivity contribution in [1.29, 1.82) is 0 Å². The second kappa shape index (κ2) is 7.67. The second-order valence-electron chi connectivity index (χ2n) is 7.95. The Balaban J connectivity index is 1.42. The van der Waals surface area contributed by atoms with E-state index in [0.29, 0.717) is 28.1 Å². The van der Waals surface area contributed by atoms with Crippen LogP contribution in [0.4, 0.5) is 4.79 Å². The molecule has 2 aliphatic heterocycles. The highest BCUT2D eigenvalue weighted by molar-refractivity contribution is 5.81. The van der Waals surface area contributed by atoms with Crippen molar-refractivity contribution in [2.75, 3.05) is 6.79 Å². The Morgan fingerprint density at radius 2 is 1.91 bits per heavy atom. The minimum atomic E-state index is -0.531. The van der Waals surface area contributed by atoms with E-state index in [4.69, 9.17) is 14.2 Å². The molecule has 2 aromatic heterocycles. The number of pyridine rings is 2. The average molecular weight is 441 g/mol. The third-order valence-corrected chi connectivity index (χ3v) is 6.01. The fourth-order valence-corrected chi connectivity index (χ4v) is 4.41. The molecular formula is C25H19N3O5. The molecule has 0 saturated heterocycles. The van der Waals surface area contributed by atoms with E-state index in [1.807, 2.05) is 36.4 Å². The summed E-state index contributed by atoms with van der Waals surface area (Å²) in [7, 11) is 0. The van der Waals surface area contributed by atoms with E-state index in [1.165, 1.54) is 0 Å². The molecule has 8 nitrogen and oxygen atoms in total. The van der Waals surface area contributed by atoms with Gasteiger partial charge in [0.15, 0.2) is 16.9 Å². The molecule has 0 radical (unpaired) electrons. The molecule has 4 aromatic rings. The Hall–Kier alpha value is -4.33. The highest BCUT2D eigenvalue weighted by atomic mass is 16.7. The van der Waals surface area contributed by atoms with E-state index in [9.17, 15) is 9.59 Å². The predicted molar refractivity (Wildman–Crippen MR) is 119 cm³/mol. The quantitative estimate of drug-likeness (QED) is 0.518. The van der Waals surface area contributed by atoms with Crippen LogP contribution in [-0.2, 0) is 17.9 Å². The first-order valence-corrected chi connectivity index (χ1v) is 10.5. The summed E-state index contributed by atoms with van der Waals surface area (Å²) in [5, 5.41) is 0.590. The summed E-state index contributed by atoms with van der Waals surface area (Å²) < 4.78 is 16.6. The Labute approximate surface area is 188 Å². The van der Waals surface area contributed by atoms with Gasteiger partial charge in [0.25, 0.3) is 0 Å². The van der Waals surface area contributed by atoms with Crippen molar-refractivity contribution < 1.29 is 19.0 Å². The first kappa shape index (κ1) is 19.4. The van der Waals surface area contributed by atoms with Gasteiger partial charge in [0.1, 0.15) is 12.6 Å². The maximum absolute atomic E-state index is 13.3. The van der Waals surface area contributed by atoms with Crippen molar-refractivity contribution in [3.8, 4) is 11.5 Å². The molecule has 0 aliphatic carbocycles. The molecule has 0 spiro atoms. The molecule has 33 heavy (non-hydrogen) atoms. The predicted octanol–water partition coefficient (Wildman–Crippen LogP) is 3.89. The van der Waals surface area contributed by atoms with Gasteiger partial charge in [0, 0.05) is 28.9 Å². The number of carbonyl (C=O) groups excluding carboxylic acids is 1. The van der Waals surface area contributed by atoms with E-state index < -0.39 is 12.1 Å². The topological polar surface area (TPSA) is 93.8 Å². The Morgan fingerprint density at radius 3 is 2.79 bits per heavy atom. The summed E-state index contributed by atoms with van der Waals surface area (Å²) >= 11 is 0. The number of nitrogens with zero attached hydrogens (tertiary/aromatic N) is 2. The summed E-state index contributed by atoms with van der Waals surface area (Å²) in [5.74, 6) is 1.25. The number of rotatable bonds is 3. The van der Waals surface area contributed by atoms with Crippen molar-refractivity contribution in [2.24, 2.45) is 0 Å². The first-order chi connectivity index (χ1) is 16.2. The van der Waals surface area contributed by atoms with Gasteiger partial charge >= 0.3 is 6.09 Å². The van der Waals surface area contributed by atoms with E-state index in [2.05, 4.69) is 9.97 Å². The van der Waals surface area contributed by atoms with Crippen LogP contribution in [0.15, 0.2) is 71.8 Å². The summed E-state index contributed by atoms with van der Waals surface area (Å²) in [6, 6.07) is 15.9. The molecule has 0 fully saturated rings. The van der Waals surface area contributed by atoms with Crippen LogP contribution in [0.3, 0.4) is 0 Å². The Morgan fingerprint density at radius 1 is 1.09 bits per heavy atom. The zero-order valence-corrected chi connectivity index (χ0v) is 17.5. The van der Waals surface area contributed by atoms with Crippen LogP contribution in [0.1, 0.15) is 28.4 Å². The van der Waals surface area contributed by atoms with Gasteiger partial charge in [-0.1, -0.05) is 18.2 Å². The number of H-pyrrole nitrogens is 1. The van der Waals surface area contributed by atoms with Gasteiger partial charge in [-0.3, -0.25) is 14.7 Å². The number of carbonyl (C=O) groups is 1. The third kappa shape index (κ3) is 3.27. The second-order valence-corrected chi connectivity index (χ2v) is 7.95. The first-order valence-electron chi connectivity index (χ1n) is 10.5. The number of nitrogens with one attached hydrogen (secondary N) is 1. The zero-order chi connectivity index (χ0) is 22.4. The van der Waals surface area contributed by atoms with E-state index in [-0.39, 0.29) is 25.4 Å². The molecule has 1 amide bonds. The number of amides is 1. The lowest BCUT2D eigenvalue weighted by molar-refractivity contribution is 0.0883. The lowest BCUT2D eigenvalue weighted by Gasteiger charge is -2.25. The van der Waals surface area contributed by atoms with Gasteiger partial charge in [-0.15, -0.1) is 0 Å². The van der Waals surface area contributed by atoms with Crippen molar-refractivity contribution >= 4 is 17.0 Å². The van der Waals surface area contributed by atoms with Gasteiger partial charge < -0.3 is 19.2 Å². The molecule has 8 heteroatoms. The molecule has 4 heterocycles. The largest absolute Gasteiger partial charge is 0.454 e. The molecule has 2 aromatic carbocycles. The maximum atomic E-state index is 13.3. The molecular weight excluding hydrogens is 422 g/mol. The Bertz CT molecular complexity index is 1430. The number of aromatic amines is 1. The summed E-state index contributed by atoms with van der Waals surface area (Å²) in [6.07, 6.45) is 2.78. The molecule has 0 saturated carbocycles.